The lowest BCUT2D eigenvalue weighted by atomic mass is 9.99. The summed E-state index contributed by atoms with van der Waals surface area (Å²) in [6, 6.07) is 12.1. The molecule has 1 atom stereocenters. The van der Waals surface area contributed by atoms with Gasteiger partial charge in [-0.2, -0.15) is 9.30 Å². The van der Waals surface area contributed by atoms with Crippen LogP contribution in [0.2, 0.25) is 0 Å². The number of nitrogens with zero attached hydrogens (tertiary/aromatic N) is 3. The minimum atomic E-state index is -3.73. The highest BCUT2D eigenvalue weighted by atomic mass is 32.2. The summed E-state index contributed by atoms with van der Waals surface area (Å²) in [5, 5.41) is 0. The molecule has 2 aromatic carbocycles. The van der Waals surface area contributed by atoms with Crippen LogP contribution in [0.15, 0.2) is 52.4 Å². The third-order valence-corrected chi connectivity index (χ3v) is 9.19. The van der Waals surface area contributed by atoms with Gasteiger partial charge in [0.15, 0.2) is 4.80 Å². The fraction of sp³-hybridized carbons (Fsp3) is 0.462. The van der Waals surface area contributed by atoms with Crippen molar-refractivity contribution >= 4 is 37.5 Å². The first-order valence-corrected chi connectivity index (χ1v) is 14.7. The van der Waals surface area contributed by atoms with Crippen molar-refractivity contribution in [1.82, 2.24) is 8.87 Å². The zero-order valence-corrected chi connectivity index (χ0v) is 23.0. The number of piperidine rings is 1. The van der Waals surface area contributed by atoms with Gasteiger partial charge in [0, 0.05) is 26.2 Å². The number of fused-ring (bicyclic) bond motifs is 1. The maximum Gasteiger partial charge on any atom is 0.252 e. The average molecular weight is 548 g/mol. The van der Waals surface area contributed by atoms with Gasteiger partial charge in [0.25, 0.3) is 5.91 Å². The zero-order valence-electron chi connectivity index (χ0n) is 21.4. The lowest BCUT2D eigenvalue weighted by Gasteiger charge is -2.30. The molecule has 0 bridgehead atoms. The van der Waals surface area contributed by atoms with Crippen molar-refractivity contribution in [1.29, 1.82) is 0 Å². The third-order valence-electron chi connectivity index (χ3n) is 6.26. The lowest BCUT2D eigenvalue weighted by Crippen LogP contribution is -2.42. The summed E-state index contributed by atoms with van der Waals surface area (Å²) in [7, 11) is -2.20. The molecule has 200 valence electrons. The highest BCUT2D eigenvalue weighted by molar-refractivity contribution is 7.89. The molecule has 11 heteroatoms. The van der Waals surface area contributed by atoms with E-state index in [2.05, 4.69) is 4.99 Å². The van der Waals surface area contributed by atoms with Gasteiger partial charge in [0.2, 0.25) is 10.0 Å². The van der Waals surface area contributed by atoms with Crippen LogP contribution >= 0.6 is 11.3 Å². The van der Waals surface area contributed by atoms with E-state index in [-0.39, 0.29) is 17.3 Å². The molecule has 1 amide bonds. The van der Waals surface area contributed by atoms with Crippen LogP contribution in [-0.4, -0.2) is 63.2 Å². The maximum atomic E-state index is 13.3. The van der Waals surface area contributed by atoms with E-state index in [1.165, 1.54) is 34.9 Å². The van der Waals surface area contributed by atoms with E-state index in [0.29, 0.717) is 56.3 Å². The normalized spacial score (nSPS) is 17.3. The molecule has 1 aromatic heterocycles. The van der Waals surface area contributed by atoms with E-state index >= 15 is 0 Å². The van der Waals surface area contributed by atoms with Crippen molar-refractivity contribution in [3.05, 3.63) is 47.3 Å². The summed E-state index contributed by atoms with van der Waals surface area (Å²) in [6.07, 6.45) is 1.19. The minimum absolute atomic E-state index is 0.106. The number of benzene rings is 2. The van der Waals surface area contributed by atoms with Gasteiger partial charge in [-0.3, -0.25) is 4.79 Å². The highest BCUT2D eigenvalue weighted by Gasteiger charge is 2.33. The Kier molecular flexibility index (Phi) is 9.01. The van der Waals surface area contributed by atoms with Crippen molar-refractivity contribution in [3.8, 4) is 11.5 Å². The second kappa shape index (κ2) is 12.2. The Hall–Kier alpha value is -2.73. The topological polar surface area (TPSA) is 99.4 Å². The largest absolute Gasteiger partial charge is 0.497 e. The van der Waals surface area contributed by atoms with Crippen LogP contribution in [-0.2, 0) is 26.1 Å². The molecule has 1 fully saturated rings. The smallest absolute Gasteiger partial charge is 0.252 e. The molecule has 1 aliphatic rings. The van der Waals surface area contributed by atoms with Crippen molar-refractivity contribution in [2.45, 2.75) is 38.1 Å². The summed E-state index contributed by atoms with van der Waals surface area (Å²) in [5.41, 5.74) is 0.951. The van der Waals surface area contributed by atoms with Crippen LogP contribution in [0.25, 0.3) is 10.2 Å². The maximum absolute atomic E-state index is 13.3. The molecule has 3 aromatic rings. The number of amides is 1. The number of sulfonamides is 1. The molecule has 1 aliphatic heterocycles. The molecule has 0 spiro atoms. The minimum Gasteiger partial charge on any atom is -0.497 e. The summed E-state index contributed by atoms with van der Waals surface area (Å²) in [6.45, 7) is 6.56. The number of ether oxygens (including phenoxy) is 3. The van der Waals surface area contributed by atoms with E-state index in [1.807, 2.05) is 36.6 Å². The van der Waals surface area contributed by atoms with Gasteiger partial charge in [-0.25, -0.2) is 8.42 Å². The quantitative estimate of drug-likeness (QED) is 0.359. The number of rotatable bonds is 10. The number of thiazole rings is 1. The van der Waals surface area contributed by atoms with Crippen LogP contribution in [0.1, 0.15) is 26.7 Å². The summed E-state index contributed by atoms with van der Waals surface area (Å²) in [5.74, 6) is 0.527. The lowest BCUT2D eigenvalue weighted by molar-refractivity contribution is -0.122. The van der Waals surface area contributed by atoms with E-state index in [1.54, 1.807) is 12.1 Å². The molecular weight excluding hydrogens is 514 g/mol. The monoisotopic (exact) mass is 547 g/mol. The average Bonchev–Trinajstić information content (AvgIpc) is 3.25. The predicted octanol–water partition coefficient (Wildman–Crippen LogP) is 3.67. The highest BCUT2D eigenvalue weighted by Crippen LogP contribution is 2.27. The van der Waals surface area contributed by atoms with E-state index in [4.69, 9.17) is 14.2 Å². The fourth-order valence-electron chi connectivity index (χ4n) is 4.36. The molecule has 2 heterocycles. The van der Waals surface area contributed by atoms with Crippen LogP contribution in [0, 0.1) is 5.92 Å². The van der Waals surface area contributed by atoms with Gasteiger partial charge >= 0.3 is 0 Å². The first-order chi connectivity index (χ1) is 17.9. The van der Waals surface area contributed by atoms with Gasteiger partial charge in [0.1, 0.15) is 11.5 Å². The van der Waals surface area contributed by atoms with Crippen molar-refractivity contribution in [2.75, 3.05) is 40.0 Å². The summed E-state index contributed by atoms with van der Waals surface area (Å²) >= 11 is 1.42. The molecule has 9 nitrogen and oxygen atoms in total. The molecule has 0 aliphatic carbocycles. The number of hydrogen-bond acceptors (Lipinski definition) is 7. The standard InChI is InChI=1S/C26H33N3O6S2/c1-4-34-16-15-29-23-13-10-21(35-5-2)17-24(23)36-26(29)27-25(30)19-7-6-14-28(18-19)37(31,32)22-11-8-20(33-3)9-12-22/h8-13,17,19H,4-7,14-16,18H2,1-3H3. The van der Waals surface area contributed by atoms with Crippen molar-refractivity contribution < 1.29 is 27.4 Å². The molecule has 37 heavy (non-hydrogen) atoms. The SMILES string of the molecule is CCOCCn1c(=NC(=O)C2CCCN(S(=O)(=O)c3ccc(OC)cc3)C2)sc2cc(OCC)ccc21. The van der Waals surface area contributed by atoms with E-state index < -0.39 is 15.9 Å². The van der Waals surface area contributed by atoms with Gasteiger partial charge < -0.3 is 18.8 Å². The van der Waals surface area contributed by atoms with Crippen LogP contribution in [0.3, 0.4) is 0 Å². The molecule has 4 rings (SSSR count). The Morgan fingerprint density at radius 1 is 1.11 bits per heavy atom. The Balaban J connectivity index is 1.60. The number of carbonyl (C=O) groups is 1. The molecule has 0 N–H and O–H groups in total. The summed E-state index contributed by atoms with van der Waals surface area (Å²) < 4.78 is 47.1. The zero-order chi connectivity index (χ0) is 26.4. The van der Waals surface area contributed by atoms with E-state index in [9.17, 15) is 13.2 Å². The molecule has 0 saturated carbocycles. The predicted molar refractivity (Wildman–Crippen MR) is 143 cm³/mol. The van der Waals surface area contributed by atoms with Gasteiger partial charge in [0.05, 0.1) is 41.4 Å². The molecular formula is C26H33N3O6S2. The Bertz CT molecular complexity index is 1400. The number of methoxy groups -OCH3 is 1. The Morgan fingerprint density at radius 2 is 1.86 bits per heavy atom. The van der Waals surface area contributed by atoms with Crippen LogP contribution < -0.4 is 14.3 Å². The molecule has 1 saturated heterocycles. The Morgan fingerprint density at radius 3 is 2.57 bits per heavy atom. The number of carbonyl (C=O) groups excluding carboxylic acids is 1. The first kappa shape index (κ1) is 27.3. The number of aromatic nitrogens is 1. The second-order valence-corrected chi connectivity index (χ2v) is 11.6. The first-order valence-electron chi connectivity index (χ1n) is 12.4. The van der Waals surface area contributed by atoms with Crippen molar-refractivity contribution in [3.63, 3.8) is 0 Å². The van der Waals surface area contributed by atoms with Gasteiger partial charge in [-0.1, -0.05) is 11.3 Å². The fourth-order valence-corrected chi connectivity index (χ4v) is 6.97. The van der Waals surface area contributed by atoms with Gasteiger partial charge in [-0.15, -0.1) is 0 Å². The van der Waals surface area contributed by atoms with Crippen LogP contribution in [0.5, 0.6) is 11.5 Å². The third kappa shape index (κ3) is 6.23. The van der Waals surface area contributed by atoms with Crippen LogP contribution in [0.4, 0.5) is 0 Å². The van der Waals surface area contributed by atoms with Crippen molar-refractivity contribution in [2.24, 2.45) is 10.9 Å². The van der Waals surface area contributed by atoms with Gasteiger partial charge in [-0.05, 0) is 69.2 Å². The molecule has 1 unspecified atom stereocenters. The molecule has 0 radical (unpaired) electrons. The van der Waals surface area contributed by atoms with E-state index in [0.717, 1.165) is 16.0 Å². The number of hydrogen-bond donors (Lipinski definition) is 0. The second-order valence-electron chi connectivity index (χ2n) is 8.62. The Labute approximate surface area is 221 Å². The summed E-state index contributed by atoms with van der Waals surface area (Å²) in [4.78, 5) is 18.6.